The lowest BCUT2D eigenvalue weighted by atomic mass is 10.1. The van der Waals surface area contributed by atoms with E-state index < -0.39 is 0 Å². The van der Waals surface area contributed by atoms with Gasteiger partial charge in [0.25, 0.3) is 0 Å². The predicted molar refractivity (Wildman–Crippen MR) is 66.7 cm³/mol. The van der Waals surface area contributed by atoms with Gasteiger partial charge in [0.15, 0.2) is 0 Å². The monoisotopic (exact) mass is 228 g/mol. The van der Waals surface area contributed by atoms with Crippen LogP contribution in [-0.4, -0.2) is 21.7 Å². The van der Waals surface area contributed by atoms with E-state index in [0.29, 0.717) is 6.42 Å². The summed E-state index contributed by atoms with van der Waals surface area (Å²) in [5, 5.41) is 8.87. The lowest BCUT2D eigenvalue weighted by Gasteiger charge is -2.03. The van der Waals surface area contributed by atoms with Gasteiger partial charge in [0, 0.05) is 36.3 Å². The first-order valence-electron chi connectivity index (χ1n) is 5.84. The fraction of sp³-hybridized carbons (Fsp3) is 0.286. The average Bonchev–Trinajstić information content (AvgIpc) is 2.39. The number of aromatic nitrogens is 2. The van der Waals surface area contributed by atoms with Gasteiger partial charge in [0.2, 0.25) is 0 Å². The molecule has 1 N–H and O–H groups in total. The summed E-state index contributed by atoms with van der Waals surface area (Å²) >= 11 is 0. The molecule has 88 valence electrons. The van der Waals surface area contributed by atoms with E-state index in [1.807, 2.05) is 42.6 Å². The Bertz CT molecular complexity index is 457. The van der Waals surface area contributed by atoms with E-state index in [4.69, 9.17) is 5.11 Å². The summed E-state index contributed by atoms with van der Waals surface area (Å²) < 4.78 is 0. The van der Waals surface area contributed by atoms with Crippen LogP contribution in [0, 0.1) is 0 Å². The van der Waals surface area contributed by atoms with Crippen molar-refractivity contribution in [3.63, 3.8) is 0 Å². The lowest BCUT2D eigenvalue weighted by Crippen LogP contribution is -2.00. The van der Waals surface area contributed by atoms with E-state index in [-0.39, 0.29) is 6.61 Å². The SMILES string of the molecule is OCCc1cccc(CCc2ccccn2)n1. The molecule has 3 nitrogen and oxygen atoms in total. The Hall–Kier alpha value is -1.74. The zero-order chi connectivity index (χ0) is 11.9. The van der Waals surface area contributed by atoms with Crippen LogP contribution in [0.5, 0.6) is 0 Å². The smallest absolute Gasteiger partial charge is 0.0486 e. The van der Waals surface area contributed by atoms with Gasteiger partial charge >= 0.3 is 0 Å². The minimum atomic E-state index is 0.149. The number of hydrogen-bond acceptors (Lipinski definition) is 3. The molecule has 0 aromatic carbocycles. The molecule has 0 bridgehead atoms. The van der Waals surface area contributed by atoms with Crippen LogP contribution >= 0.6 is 0 Å². The Morgan fingerprint density at radius 1 is 0.824 bits per heavy atom. The Morgan fingerprint density at radius 3 is 2.24 bits per heavy atom. The molecule has 0 atom stereocenters. The summed E-state index contributed by atoms with van der Waals surface area (Å²) in [6, 6.07) is 11.9. The van der Waals surface area contributed by atoms with E-state index in [1.165, 1.54) is 0 Å². The second-order valence-electron chi connectivity index (χ2n) is 3.91. The third kappa shape index (κ3) is 3.64. The van der Waals surface area contributed by atoms with Crippen molar-refractivity contribution in [3.05, 3.63) is 59.7 Å². The zero-order valence-corrected chi connectivity index (χ0v) is 9.71. The van der Waals surface area contributed by atoms with Gasteiger partial charge in [-0.2, -0.15) is 0 Å². The third-order valence-electron chi connectivity index (χ3n) is 2.60. The predicted octanol–water partition coefficient (Wildman–Crippen LogP) is 1.80. The van der Waals surface area contributed by atoms with Crippen molar-refractivity contribution >= 4 is 0 Å². The van der Waals surface area contributed by atoms with E-state index in [1.54, 1.807) is 0 Å². The maximum atomic E-state index is 8.87. The first-order chi connectivity index (χ1) is 8.38. The number of pyridine rings is 2. The fourth-order valence-electron chi connectivity index (χ4n) is 1.72. The highest BCUT2D eigenvalue weighted by molar-refractivity contribution is 5.13. The van der Waals surface area contributed by atoms with Gasteiger partial charge in [-0.05, 0) is 37.1 Å². The normalized spacial score (nSPS) is 10.4. The van der Waals surface area contributed by atoms with Crippen LogP contribution in [0.25, 0.3) is 0 Å². The molecule has 0 aliphatic carbocycles. The number of rotatable bonds is 5. The molecule has 0 amide bonds. The van der Waals surface area contributed by atoms with E-state index in [2.05, 4.69) is 9.97 Å². The maximum Gasteiger partial charge on any atom is 0.0486 e. The number of aliphatic hydroxyl groups is 1. The van der Waals surface area contributed by atoms with Crippen LogP contribution in [0.2, 0.25) is 0 Å². The van der Waals surface area contributed by atoms with Gasteiger partial charge in [-0.15, -0.1) is 0 Å². The van der Waals surface area contributed by atoms with Crippen molar-refractivity contribution in [3.8, 4) is 0 Å². The van der Waals surface area contributed by atoms with Crippen molar-refractivity contribution in [2.45, 2.75) is 19.3 Å². The van der Waals surface area contributed by atoms with Crippen LogP contribution in [-0.2, 0) is 19.3 Å². The number of nitrogens with zero attached hydrogens (tertiary/aromatic N) is 2. The molecule has 0 fully saturated rings. The fourth-order valence-corrected chi connectivity index (χ4v) is 1.72. The second-order valence-corrected chi connectivity index (χ2v) is 3.91. The largest absolute Gasteiger partial charge is 0.396 e. The molecule has 3 heteroatoms. The highest BCUT2D eigenvalue weighted by Gasteiger charge is 1.99. The van der Waals surface area contributed by atoms with Gasteiger partial charge in [0.05, 0.1) is 0 Å². The van der Waals surface area contributed by atoms with Gasteiger partial charge in [-0.1, -0.05) is 12.1 Å². The first-order valence-corrected chi connectivity index (χ1v) is 5.84. The maximum absolute atomic E-state index is 8.87. The number of hydrogen-bond donors (Lipinski definition) is 1. The van der Waals surface area contributed by atoms with E-state index in [0.717, 1.165) is 29.9 Å². The van der Waals surface area contributed by atoms with Crippen molar-refractivity contribution in [2.24, 2.45) is 0 Å². The summed E-state index contributed by atoms with van der Waals surface area (Å²) in [5.41, 5.74) is 3.09. The van der Waals surface area contributed by atoms with Gasteiger partial charge in [-0.3, -0.25) is 9.97 Å². The average molecular weight is 228 g/mol. The van der Waals surface area contributed by atoms with Crippen LogP contribution < -0.4 is 0 Å². The lowest BCUT2D eigenvalue weighted by molar-refractivity contribution is 0.298. The topological polar surface area (TPSA) is 46.0 Å². The van der Waals surface area contributed by atoms with Gasteiger partial charge in [-0.25, -0.2) is 0 Å². The highest BCUT2D eigenvalue weighted by Crippen LogP contribution is 2.05. The number of aliphatic hydroxyl groups excluding tert-OH is 1. The highest BCUT2D eigenvalue weighted by atomic mass is 16.3. The molecule has 0 unspecified atom stereocenters. The van der Waals surface area contributed by atoms with Crippen molar-refractivity contribution in [2.75, 3.05) is 6.61 Å². The van der Waals surface area contributed by atoms with E-state index in [9.17, 15) is 0 Å². The van der Waals surface area contributed by atoms with Crippen LogP contribution in [0.3, 0.4) is 0 Å². The number of aryl methyl sites for hydroxylation is 2. The minimum Gasteiger partial charge on any atom is -0.396 e. The first kappa shape index (κ1) is 11.7. The molecule has 0 saturated carbocycles. The summed E-state index contributed by atoms with van der Waals surface area (Å²) in [6.07, 6.45) is 4.22. The van der Waals surface area contributed by atoms with Crippen molar-refractivity contribution in [1.29, 1.82) is 0 Å². The van der Waals surface area contributed by atoms with E-state index >= 15 is 0 Å². The molecule has 2 heterocycles. The van der Waals surface area contributed by atoms with Gasteiger partial charge in [0.1, 0.15) is 0 Å². The molecule has 2 aromatic rings. The third-order valence-corrected chi connectivity index (χ3v) is 2.60. The summed E-state index contributed by atoms with van der Waals surface area (Å²) in [6.45, 7) is 0.149. The molecule has 2 rings (SSSR count). The molecule has 0 saturated heterocycles. The van der Waals surface area contributed by atoms with Crippen molar-refractivity contribution in [1.82, 2.24) is 9.97 Å². The molecular formula is C14H16N2O. The Balaban J connectivity index is 1.97. The Morgan fingerprint density at radius 2 is 1.53 bits per heavy atom. The molecular weight excluding hydrogens is 212 g/mol. The van der Waals surface area contributed by atoms with Crippen LogP contribution in [0.4, 0.5) is 0 Å². The van der Waals surface area contributed by atoms with Crippen LogP contribution in [0.1, 0.15) is 17.1 Å². The molecule has 0 spiro atoms. The quantitative estimate of drug-likeness (QED) is 0.848. The molecule has 0 aliphatic heterocycles. The Labute approximate surface area is 101 Å². The molecule has 2 aromatic heterocycles. The molecule has 0 radical (unpaired) electrons. The van der Waals surface area contributed by atoms with Crippen molar-refractivity contribution < 1.29 is 5.11 Å². The summed E-state index contributed by atoms with van der Waals surface area (Å²) in [4.78, 5) is 8.77. The summed E-state index contributed by atoms with van der Waals surface area (Å²) in [5.74, 6) is 0. The zero-order valence-electron chi connectivity index (χ0n) is 9.71. The minimum absolute atomic E-state index is 0.149. The van der Waals surface area contributed by atoms with Gasteiger partial charge < -0.3 is 5.11 Å². The molecule has 17 heavy (non-hydrogen) atoms. The standard InChI is InChI=1S/C14H16N2O/c17-11-9-14-6-3-5-13(16-14)8-7-12-4-1-2-10-15-12/h1-6,10,17H,7-9,11H2. The second kappa shape index (κ2) is 6.11. The summed E-state index contributed by atoms with van der Waals surface area (Å²) in [7, 11) is 0. The molecule has 0 aliphatic rings. The Kier molecular flexibility index (Phi) is 4.22. The van der Waals surface area contributed by atoms with Crippen LogP contribution in [0.15, 0.2) is 42.6 Å².